The van der Waals surface area contributed by atoms with Gasteiger partial charge in [-0.1, -0.05) is 0 Å². The molecule has 1 aromatic heterocycles. The summed E-state index contributed by atoms with van der Waals surface area (Å²) in [6, 6.07) is 1.88. The van der Waals surface area contributed by atoms with Crippen molar-refractivity contribution in [3.05, 3.63) is 22.6 Å². The topological polar surface area (TPSA) is 59.4 Å². The molecule has 1 N–H and O–H groups in total. The number of rotatable bonds is 5. The molecule has 2 rings (SSSR count). The highest BCUT2D eigenvalue weighted by atomic mass is 16.5. The number of nitrogens with one attached hydrogen (secondary N) is 1. The predicted octanol–water partition coefficient (Wildman–Crippen LogP) is 0.0763. The van der Waals surface area contributed by atoms with Crippen LogP contribution < -0.4 is 15.8 Å². The number of aromatic nitrogens is 2. The Kier molecular flexibility index (Phi) is 4.55. The van der Waals surface area contributed by atoms with Gasteiger partial charge in [0, 0.05) is 32.3 Å². The van der Waals surface area contributed by atoms with Crippen molar-refractivity contribution in [2.75, 3.05) is 32.1 Å². The van der Waals surface area contributed by atoms with Gasteiger partial charge in [-0.3, -0.25) is 4.79 Å². The van der Waals surface area contributed by atoms with Gasteiger partial charge in [0.15, 0.2) is 0 Å². The van der Waals surface area contributed by atoms with E-state index in [1.54, 1.807) is 19.4 Å². The Morgan fingerprint density at radius 3 is 3.00 bits per heavy atom. The summed E-state index contributed by atoms with van der Waals surface area (Å²) in [7, 11) is 3.60. The van der Waals surface area contributed by atoms with Crippen molar-refractivity contribution in [3.8, 4) is 0 Å². The van der Waals surface area contributed by atoms with Crippen molar-refractivity contribution < 1.29 is 4.74 Å². The van der Waals surface area contributed by atoms with Crippen LogP contribution in [0.1, 0.15) is 13.3 Å². The summed E-state index contributed by atoms with van der Waals surface area (Å²) in [4.78, 5) is 14.2. The fraction of sp³-hybridized carbons (Fsp3) is 0.692. The van der Waals surface area contributed by atoms with Crippen LogP contribution in [0, 0.1) is 0 Å². The molecule has 2 unspecified atom stereocenters. The minimum Gasteiger partial charge on any atom is -0.380 e. The van der Waals surface area contributed by atoms with Crippen LogP contribution in [-0.2, 0) is 11.3 Å². The fourth-order valence-electron chi connectivity index (χ4n) is 2.24. The van der Waals surface area contributed by atoms with E-state index in [2.05, 4.69) is 15.3 Å². The molecule has 0 saturated carbocycles. The number of hydrogen-bond acceptors (Lipinski definition) is 5. The Morgan fingerprint density at radius 1 is 1.63 bits per heavy atom. The number of hydrogen-bond donors (Lipinski definition) is 1. The molecule has 19 heavy (non-hydrogen) atoms. The monoisotopic (exact) mass is 266 g/mol. The summed E-state index contributed by atoms with van der Waals surface area (Å²) < 4.78 is 6.82. The number of likely N-dealkylation sites (N-methyl/N-ethyl adjacent to an activating group) is 1. The third-order valence-electron chi connectivity index (χ3n) is 3.64. The number of anilines is 1. The third-order valence-corrected chi connectivity index (χ3v) is 3.64. The lowest BCUT2D eigenvalue weighted by Crippen LogP contribution is -2.34. The number of methoxy groups -OCH3 is 1. The standard InChI is InChI=1S/C13H22N4O2/c1-10(14-2)8-17-13(18)6-11(7-15-17)16-5-4-12(9-16)19-3/h6-7,10,12,14H,4-5,8-9H2,1-3H3. The highest BCUT2D eigenvalue weighted by Gasteiger charge is 2.22. The van der Waals surface area contributed by atoms with Gasteiger partial charge in [-0.25, -0.2) is 4.68 Å². The van der Waals surface area contributed by atoms with Gasteiger partial charge in [-0.05, 0) is 20.4 Å². The van der Waals surface area contributed by atoms with Crippen molar-refractivity contribution in [1.29, 1.82) is 0 Å². The van der Waals surface area contributed by atoms with Crippen LogP contribution in [0.25, 0.3) is 0 Å². The van der Waals surface area contributed by atoms with E-state index in [9.17, 15) is 4.79 Å². The fourth-order valence-corrected chi connectivity index (χ4v) is 2.24. The third kappa shape index (κ3) is 3.33. The minimum atomic E-state index is -0.0551. The number of ether oxygens (including phenoxy) is 1. The molecule has 0 amide bonds. The molecule has 0 bridgehead atoms. The number of nitrogens with zero attached hydrogens (tertiary/aromatic N) is 3. The molecule has 2 heterocycles. The first-order valence-electron chi connectivity index (χ1n) is 6.66. The maximum atomic E-state index is 12.0. The van der Waals surface area contributed by atoms with Crippen LogP contribution in [0.3, 0.4) is 0 Å². The minimum absolute atomic E-state index is 0.0551. The first-order valence-corrected chi connectivity index (χ1v) is 6.66. The Labute approximate surface area is 113 Å². The molecule has 6 heteroatoms. The van der Waals surface area contributed by atoms with E-state index in [1.807, 2.05) is 14.0 Å². The molecule has 1 aliphatic heterocycles. The Balaban J connectivity index is 2.09. The van der Waals surface area contributed by atoms with Crippen LogP contribution in [0.15, 0.2) is 17.1 Å². The smallest absolute Gasteiger partial charge is 0.268 e. The normalized spacial score (nSPS) is 20.8. The van der Waals surface area contributed by atoms with Gasteiger partial charge < -0.3 is 15.0 Å². The Hall–Kier alpha value is -1.40. The molecule has 106 valence electrons. The average molecular weight is 266 g/mol. The van der Waals surface area contributed by atoms with Crippen molar-refractivity contribution >= 4 is 5.69 Å². The van der Waals surface area contributed by atoms with Crippen LogP contribution >= 0.6 is 0 Å². The lowest BCUT2D eigenvalue weighted by molar-refractivity contribution is 0.121. The van der Waals surface area contributed by atoms with Gasteiger partial charge in [0.05, 0.1) is 24.5 Å². The SMILES string of the molecule is CNC(C)Cn1ncc(N2CCC(OC)C2)cc1=O. The van der Waals surface area contributed by atoms with Crippen molar-refractivity contribution in [3.63, 3.8) is 0 Å². The summed E-state index contributed by atoms with van der Waals surface area (Å²) in [5, 5.41) is 7.34. The lowest BCUT2D eigenvalue weighted by Gasteiger charge is -2.18. The van der Waals surface area contributed by atoms with E-state index in [0.717, 1.165) is 25.2 Å². The molecule has 1 aliphatic rings. The van der Waals surface area contributed by atoms with E-state index in [1.165, 1.54) is 4.68 Å². The second-order valence-electron chi connectivity index (χ2n) is 5.02. The molecule has 1 fully saturated rings. The summed E-state index contributed by atoms with van der Waals surface area (Å²) >= 11 is 0. The average Bonchev–Trinajstić information content (AvgIpc) is 2.89. The van der Waals surface area contributed by atoms with Gasteiger partial charge >= 0.3 is 0 Å². The molecule has 6 nitrogen and oxygen atoms in total. The van der Waals surface area contributed by atoms with Gasteiger partial charge in [-0.2, -0.15) is 5.10 Å². The van der Waals surface area contributed by atoms with Crippen molar-refractivity contribution in [2.24, 2.45) is 0 Å². The zero-order valence-corrected chi connectivity index (χ0v) is 11.8. The summed E-state index contributed by atoms with van der Waals surface area (Å²) in [5.41, 5.74) is 0.832. The highest BCUT2D eigenvalue weighted by molar-refractivity contribution is 5.44. The molecule has 0 aromatic carbocycles. The predicted molar refractivity (Wildman–Crippen MR) is 74.6 cm³/mol. The largest absolute Gasteiger partial charge is 0.380 e. The second kappa shape index (κ2) is 6.16. The summed E-state index contributed by atoms with van der Waals surface area (Å²) in [6.45, 7) is 4.34. The van der Waals surface area contributed by atoms with Crippen LogP contribution in [0.4, 0.5) is 5.69 Å². The summed E-state index contributed by atoms with van der Waals surface area (Å²) in [6.07, 6.45) is 3.02. The first-order chi connectivity index (χ1) is 9.13. The van der Waals surface area contributed by atoms with E-state index in [-0.39, 0.29) is 17.7 Å². The molecular formula is C13H22N4O2. The molecule has 0 spiro atoms. The quantitative estimate of drug-likeness (QED) is 0.817. The lowest BCUT2D eigenvalue weighted by atomic mass is 10.3. The Morgan fingerprint density at radius 2 is 2.42 bits per heavy atom. The van der Waals surface area contributed by atoms with E-state index in [0.29, 0.717) is 6.54 Å². The van der Waals surface area contributed by atoms with Crippen LogP contribution in [0.5, 0.6) is 0 Å². The molecule has 0 radical (unpaired) electrons. The zero-order valence-electron chi connectivity index (χ0n) is 11.8. The van der Waals surface area contributed by atoms with E-state index in [4.69, 9.17) is 4.74 Å². The Bertz CT molecular complexity index is 474. The van der Waals surface area contributed by atoms with Gasteiger partial charge in [-0.15, -0.1) is 0 Å². The van der Waals surface area contributed by atoms with E-state index < -0.39 is 0 Å². The molecule has 1 aromatic rings. The van der Waals surface area contributed by atoms with Crippen LogP contribution in [0.2, 0.25) is 0 Å². The van der Waals surface area contributed by atoms with Crippen LogP contribution in [-0.4, -0.2) is 49.2 Å². The molecular weight excluding hydrogens is 244 g/mol. The maximum absolute atomic E-state index is 12.0. The first kappa shape index (κ1) is 14.0. The zero-order chi connectivity index (χ0) is 13.8. The maximum Gasteiger partial charge on any atom is 0.268 e. The van der Waals surface area contributed by atoms with Crippen molar-refractivity contribution in [1.82, 2.24) is 15.1 Å². The molecule has 1 saturated heterocycles. The summed E-state index contributed by atoms with van der Waals surface area (Å²) in [5.74, 6) is 0. The van der Waals surface area contributed by atoms with Gasteiger partial charge in [0.2, 0.25) is 0 Å². The molecule has 0 aliphatic carbocycles. The highest BCUT2D eigenvalue weighted by Crippen LogP contribution is 2.19. The molecule has 2 atom stereocenters. The van der Waals surface area contributed by atoms with Gasteiger partial charge in [0.25, 0.3) is 5.56 Å². The van der Waals surface area contributed by atoms with Gasteiger partial charge in [0.1, 0.15) is 0 Å². The second-order valence-corrected chi connectivity index (χ2v) is 5.02. The van der Waals surface area contributed by atoms with Crippen molar-refractivity contribution in [2.45, 2.75) is 32.0 Å². The van der Waals surface area contributed by atoms with E-state index >= 15 is 0 Å².